The lowest BCUT2D eigenvalue weighted by molar-refractivity contribution is -0.116. The van der Waals surface area contributed by atoms with Crippen LogP contribution in [0.2, 0.25) is 0 Å². The van der Waals surface area contributed by atoms with E-state index in [1.165, 1.54) is 0 Å². The smallest absolute Gasteiger partial charge is 0.240 e. The molecule has 1 fully saturated rings. The lowest BCUT2D eigenvalue weighted by atomic mass is 10.1. The van der Waals surface area contributed by atoms with E-state index < -0.39 is 10.0 Å². The molecule has 1 heterocycles. The number of carbonyl (C=O) groups excluding carboxylic acids is 1. The predicted octanol–water partition coefficient (Wildman–Crippen LogP) is 2.00. The first-order chi connectivity index (χ1) is 11.4. The topological polar surface area (TPSA) is 101 Å². The Morgan fingerprint density at radius 2 is 2.00 bits per heavy atom. The van der Waals surface area contributed by atoms with Crippen LogP contribution in [0.25, 0.3) is 0 Å². The summed E-state index contributed by atoms with van der Waals surface area (Å²) in [5.41, 5.74) is 0.895. The van der Waals surface area contributed by atoms with Gasteiger partial charge in [-0.3, -0.25) is 4.79 Å². The van der Waals surface area contributed by atoms with Crippen LogP contribution in [0.5, 0.6) is 0 Å². The third kappa shape index (κ3) is 4.42. The summed E-state index contributed by atoms with van der Waals surface area (Å²) in [4.78, 5) is 12.1. The van der Waals surface area contributed by atoms with Gasteiger partial charge in [0.25, 0.3) is 0 Å². The van der Waals surface area contributed by atoms with Gasteiger partial charge in [-0.25, -0.2) is 13.1 Å². The zero-order valence-electron chi connectivity index (χ0n) is 13.3. The molecule has 0 bridgehead atoms. The Bertz CT molecular complexity index is 823. The molecule has 1 amide bonds. The highest BCUT2D eigenvalue weighted by molar-refractivity contribution is 7.89. The fourth-order valence-electron chi connectivity index (χ4n) is 2.21. The molecule has 1 saturated carbocycles. The summed E-state index contributed by atoms with van der Waals surface area (Å²) in [6.45, 7) is 1.75. The Hall–Kier alpha value is -2.19. The second-order valence-electron chi connectivity index (χ2n) is 5.91. The molecule has 7 nitrogen and oxygen atoms in total. The summed E-state index contributed by atoms with van der Waals surface area (Å²) < 4.78 is 31.7. The van der Waals surface area contributed by atoms with Gasteiger partial charge in [0.1, 0.15) is 5.76 Å². The molecule has 0 radical (unpaired) electrons. The van der Waals surface area contributed by atoms with Crippen LogP contribution in [-0.2, 0) is 21.2 Å². The van der Waals surface area contributed by atoms with Crippen LogP contribution in [0, 0.1) is 6.92 Å². The van der Waals surface area contributed by atoms with Gasteiger partial charge < -0.3 is 9.84 Å². The van der Waals surface area contributed by atoms with E-state index in [1.807, 2.05) is 0 Å². The summed E-state index contributed by atoms with van der Waals surface area (Å²) in [6, 6.07) is 8.32. The first-order valence-corrected chi connectivity index (χ1v) is 9.25. The van der Waals surface area contributed by atoms with Gasteiger partial charge in [-0.15, -0.1) is 0 Å². The molecule has 2 aromatic rings. The van der Waals surface area contributed by atoms with Gasteiger partial charge in [-0.2, -0.15) is 0 Å². The number of aromatic nitrogens is 1. The predicted molar refractivity (Wildman–Crippen MR) is 88.0 cm³/mol. The number of aryl methyl sites for hydroxylation is 2. The van der Waals surface area contributed by atoms with Gasteiger partial charge >= 0.3 is 0 Å². The van der Waals surface area contributed by atoms with Gasteiger partial charge in [-0.05, 0) is 43.9 Å². The maximum Gasteiger partial charge on any atom is 0.240 e. The number of carbonyl (C=O) groups is 1. The maximum absolute atomic E-state index is 12.1. The van der Waals surface area contributed by atoms with Crippen molar-refractivity contribution in [2.75, 3.05) is 5.32 Å². The minimum absolute atomic E-state index is 0.0820. The van der Waals surface area contributed by atoms with Crippen molar-refractivity contribution in [3.63, 3.8) is 0 Å². The molecule has 0 unspecified atom stereocenters. The van der Waals surface area contributed by atoms with Crippen LogP contribution in [-0.4, -0.2) is 25.5 Å². The molecule has 0 saturated heterocycles. The fraction of sp³-hybridized carbons (Fsp3) is 0.375. The van der Waals surface area contributed by atoms with Crippen LogP contribution in [0.3, 0.4) is 0 Å². The molecule has 1 aliphatic carbocycles. The molecule has 128 valence electrons. The number of nitrogens with zero attached hydrogens (tertiary/aromatic N) is 1. The average Bonchev–Trinajstić information content (AvgIpc) is 3.25. The van der Waals surface area contributed by atoms with Gasteiger partial charge in [0.2, 0.25) is 15.9 Å². The molecule has 3 rings (SSSR count). The van der Waals surface area contributed by atoms with E-state index in [-0.39, 0.29) is 23.3 Å². The second-order valence-corrected chi connectivity index (χ2v) is 7.62. The van der Waals surface area contributed by atoms with Gasteiger partial charge in [0, 0.05) is 18.5 Å². The number of anilines is 1. The molecule has 1 aromatic heterocycles. The number of rotatable bonds is 7. The number of amides is 1. The number of benzene rings is 1. The van der Waals surface area contributed by atoms with Crippen molar-refractivity contribution in [1.82, 2.24) is 9.88 Å². The van der Waals surface area contributed by atoms with E-state index in [1.54, 1.807) is 37.3 Å². The molecule has 1 aromatic carbocycles. The minimum atomic E-state index is -3.43. The summed E-state index contributed by atoms with van der Waals surface area (Å²) >= 11 is 0. The maximum atomic E-state index is 12.1. The van der Waals surface area contributed by atoms with Crippen molar-refractivity contribution in [3.8, 4) is 0 Å². The molecule has 0 aliphatic heterocycles. The first kappa shape index (κ1) is 16.7. The van der Waals surface area contributed by atoms with Crippen LogP contribution < -0.4 is 10.0 Å². The van der Waals surface area contributed by atoms with Crippen molar-refractivity contribution in [3.05, 3.63) is 41.7 Å². The number of hydrogen-bond donors (Lipinski definition) is 2. The van der Waals surface area contributed by atoms with Gasteiger partial charge in [0.05, 0.1) is 4.90 Å². The summed E-state index contributed by atoms with van der Waals surface area (Å²) in [6.07, 6.45) is 2.59. The van der Waals surface area contributed by atoms with E-state index >= 15 is 0 Å². The van der Waals surface area contributed by atoms with Crippen molar-refractivity contribution >= 4 is 21.7 Å². The standard InChI is InChI=1S/C16H19N3O4S/c1-11-10-15(18-23-11)17-16(20)9-4-12-2-7-14(8-3-12)24(21,22)19-13-5-6-13/h2-3,7-8,10,13,19H,4-6,9H2,1H3,(H,17,18,20). The molecular weight excluding hydrogens is 330 g/mol. The lowest BCUT2D eigenvalue weighted by Gasteiger charge is -2.07. The molecule has 1 aliphatic rings. The van der Waals surface area contributed by atoms with E-state index in [4.69, 9.17) is 4.52 Å². The van der Waals surface area contributed by atoms with Crippen molar-refractivity contribution in [2.24, 2.45) is 0 Å². The molecule has 0 atom stereocenters. The van der Waals surface area contributed by atoms with E-state index in [2.05, 4.69) is 15.2 Å². The summed E-state index contributed by atoms with van der Waals surface area (Å²) in [5.74, 6) is 0.849. The SMILES string of the molecule is Cc1cc(NC(=O)CCc2ccc(S(=O)(=O)NC3CC3)cc2)no1. The second kappa shape index (κ2) is 6.74. The van der Waals surface area contributed by atoms with Crippen molar-refractivity contribution in [2.45, 2.75) is 43.5 Å². The van der Waals surface area contributed by atoms with Crippen LogP contribution in [0.4, 0.5) is 5.82 Å². The normalized spacial score (nSPS) is 14.5. The van der Waals surface area contributed by atoms with E-state index in [0.29, 0.717) is 18.0 Å². The highest BCUT2D eigenvalue weighted by atomic mass is 32.2. The molecule has 24 heavy (non-hydrogen) atoms. The Morgan fingerprint density at radius 1 is 1.29 bits per heavy atom. The number of sulfonamides is 1. The third-order valence-corrected chi connectivity index (χ3v) is 5.21. The third-order valence-electron chi connectivity index (χ3n) is 3.67. The lowest BCUT2D eigenvalue weighted by Crippen LogP contribution is -2.25. The Morgan fingerprint density at radius 3 is 2.58 bits per heavy atom. The molecule has 8 heteroatoms. The Balaban J connectivity index is 1.53. The minimum Gasteiger partial charge on any atom is -0.360 e. The molecule has 2 N–H and O–H groups in total. The molecule has 0 spiro atoms. The largest absolute Gasteiger partial charge is 0.360 e. The Kier molecular flexibility index (Phi) is 4.68. The molecular formula is C16H19N3O4S. The number of nitrogens with one attached hydrogen (secondary N) is 2. The monoisotopic (exact) mass is 349 g/mol. The van der Waals surface area contributed by atoms with Crippen LogP contribution in [0.1, 0.15) is 30.6 Å². The summed E-state index contributed by atoms with van der Waals surface area (Å²) in [7, 11) is -3.43. The highest BCUT2D eigenvalue weighted by Gasteiger charge is 2.27. The zero-order valence-corrected chi connectivity index (χ0v) is 14.1. The highest BCUT2D eigenvalue weighted by Crippen LogP contribution is 2.22. The van der Waals surface area contributed by atoms with Crippen LogP contribution in [0.15, 0.2) is 39.8 Å². The quantitative estimate of drug-likeness (QED) is 0.796. The van der Waals surface area contributed by atoms with E-state index in [0.717, 1.165) is 18.4 Å². The van der Waals surface area contributed by atoms with Crippen molar-refractivity contribution in [1.29, 1.82) is 0 Å². The fourth-order valence-corrected chi connectivity index (χ4v) is 3.52. The van der Waals surface area contributed by atoms with Crippen LogP contribution >= 0.6 is 0 Å². The average molecular weight is 349 g/mol. The van der Waals surface area contributed by atoms with E-state index in [9.17, 15) is 13.2 Å². The van der Waals surface area contributed by atoms with Crippen molar-refractivity contribution < 1.29 is 17.7 Å². The number of hydrogen-bond acceptors (Lipinski definition) is 5. The summed E-state index contributed by atoms with van der Waals surface area (Å²) in [5, 5.41) is 6.34. The first-order valence-electron chi connectivity index (χ1n) is 7.77. The Labute approximate surface area is 140 Å². The van der Waals surface area contributed by atoms with Gasteiger partial charge in [0.15, 0.2) is 5.82 Å². The van der Waals surface area contributed by atoms with Gasteiger partial charge in [-0.1, -0.05) is 17.3 Å². The zero-order chi connectivity index (χ0) is 17.2.